The fourth-order valence-corrected chi connectivity index (χ4v) is 9.24. The molecule has 0 saturated heterocycles. The highest BCUT2D eigenvalue weighted by atomic mass is 32.3. The Labute approximate surface area is 210 Å². The van der Waals surface area contributed by atoms with Gasteiger partial charge in [-0.1, -0.05) is 46.3 Å². The van der Waals surface area contributed by atoms with Crippen LogP contribution in [0.1, 0.15) is 86.0 Å². The van der Waals surface area contributed by atoms with E-state index in [1.165, 1.54) is 5.57 Å². The van der Waals surface area contributed by atoms with Crippen molar-refractivity contribution >= 4 is 16.2 Å². The summed E-state index contributed by atoms with van der Waals surface area (Å²) in [7, 11) is -4.51. The number of fused-ring (bicyclic) bond motifs is 5. The van der Waals surface area contributed by atoms with Gasteiger partial charge in [-0.15, -0.1) is 0 Å². The van der Waals surface area contributed by atoms with E-state index in [0.717, 1.165) is 25.7 Å². The Morgan fingerprint density at radius 1 is 1.14 bits per heavy atom. The van der Waals surface area contributed by atoms with E-state index in [1.807, 2.05) is 13.8 Å². The molecule has 3 N–H and O–H groups in total. The van der Waals surface area contributed by atoms with Gasteiger partial charge in [0.25, 0.3) is 0 Å². The summed E-state index contributed by atoms with van der Waals surface area (Å²) in [6, 6.07) is 0. The molecule has 0 aromatic carbocycles. The second-order valence-corrected chi connectivity index (χ2v) is 13.9. The summed E-state index contributed by atoms with van der Waals surface area (Å²) in [5.74, 6) is 1.11. The van der Waals surface area contributed by atoms with Gasteiger partial charge in [-0.25, -0.2) is 4.18 Å². The maximum Gasteiger partial charge on any atom is 0.397 e. The molecule has 0 bridgehead atoms. The van der Waals surface area contributed by atoms with E-state index in [-0.39, 0.29) is 40.3 Å². The number of aliphatic hydroxyl groups excluding tert-OH is 2. The molecule has 2 unspecified atom stereocenters. The molecule has 4 rings (SSSR count). The van der Waals surface area contributed by atoms with Crippen molar-refractivity contribution in [2.75, 3.05) is 0 Å². The van der Waals surface area contributed by atoms with Crippen molar-refractivity contribution in [3.05, 3.63) is 11.6 Å². The molecule has 10 atom stereocenters. The number of allylic oxidation sites excluding steroid dienone is 2. The third-order valence-corrected chi connectivity index (χ3v) is 11.0. The quantitative estimate of drug-likeness (QED) is 0.343. The first-order valence-electron chi connectivity index (χ1n) is 13.4. The third kappa shape index (κ3) is 4.90. The van der Waals surface area contributed by atoms with Gasteiger partial charge in [0.15, 0.2) is 5.78 Å². The second kappa shape index (κ2) is 9.50. The number of carbonyl (C=O) groups excluding carboxylic acids is 1. The highest BCUT2D eigenvalue weighted by molar-refractivity contribution is 7.80. The number of ketones is 1. The van der Waals surface area contributed by atoms with Crippen LogP contribution >= 0.6 is 0 Å². The van der Waals surface area contributed by atoms with E-state index in [4.69, 9.17) is 8.74 Å². The Morgan fingerprint density at radius 3 is 2.46 bits per heavy atom. The first-order valence-corrected chi connectivity index (χ1v) is 14.8. The molecule has 3 saturated carbocycles. The van der Waals surface area contributed by atoms with E-state index in [1.54, 1.807) is 0 Å². The normalized spacial score (nSPS) is 43.1. The van der Waals surface area contributed by atoms with E-state index in [9.17, 15) is 23.4 Å². The van der Waals surface area contributed by atoms with Gasteiger partial charge in [-0.05, 0) is 91.3 Å². The summed E-state index contributed by atoms with van der Waals surface area (Å²) >= 11 is 0. The number of hydrogen-bond donors (Lipinski definition) is 3. The van der Waals surface area contributed by atoms with Crippen LogP contribution in [0.4, 0.5) is 0 Å². The van der Waals surface area contributed by atoms with Gasteiger partial charge in [-0.3, -0.25) is 9.35 Å². The summed E-state index contributed by atoms with van der Waals surface area (Å²) in [5.41, 5.74) is 1.27. The Morgan fingerprint density at radius 2 is 1.83 bits per heavy atom. The van der Waals surface area contributed by atoms with Crippen LogP contribution in [0.15, 0.2) is 11.6 Å². The lowest BCUT2D eigenvalue weighted by molar-refractivity contribution is -0.130. The van der Waals surface area contributed by atoms with Crippen molar-refractivity contribution in [2.24, 2.45) is 46.3 Å². The lowest BCUT2D eigenvalue weighted by Crippen LogP contribution is -2.54. The van der Waals surface area contributed by atoms with Gasteiger partial charge >= 0.3 is 10.4 Å². The largest absolute Gasteiger partial charge is 0.397 e. The fraction of sp³-hybridized carbons (Fsp3) is 0.889. The molecule has 0 aromatic heterocycles. The van der Waals surface area contributed by atoms with Crippen molar-refractivity contribution in [3.63, 3.8) is 0 Å². The molecule has 8 heteroatoms. The van der Waals surface area contributed by atoms with Crippen LogP contribution in [0.5, 0.6) is 0 Å². The lowest BCUT2D eigenvalue weighted by atomic mass is 9.47. The minimum absolute atomic E-state index is 0.0566. The summed E-state index contributed by atoms with van der Waals surface area (Å²) in [4.78, 5) is 12.6. The SMILES string of the molecule is CC(C)C(O)C(=O)C[C@@H](C)[C@H]1CC[C@H]2[C@@H]3C[C@H](O)C4C[C@@H](OS(=O)(=O)O)CC[C@]4(C)C3=CC[C@]12C. The number of aliphatic hydroxyl groups is 2. The molecule has 0 aliphatic heterocycles. The summed E-state index contributed by atoms with van der Waals surface area (Å²) in [6.07, 6.45) is 6.20. The van der Waals surface area contributed by atoms with Crippen LogP contribution in [0.2, 0.25) is 0 Å². The average Bonchev–Trinajstić information content (AvgIpc) is 3.10. The molecule has 4 aliphatic rings. The van der Waals surface area contributed by atoms with Gasteiger partial charge in [0.2, 0.25) is 0 Å². The Balaban J connectivity index is 1.54. The van der Waals surface area contributed by atoms with Gasteiger partial charge in [0, 0.05) is 6.42 Å². The van der Waals surface area contributed by atoms with Crippen molar-refractivity contribution in [2.45, 2.75) is 104 Å². The maximum atomic E-state index is 12.6. The molecule has 200 valence electrons. The molecule has 0 heterocycles. The Kier molecular flexibility index (Phi) is 7.39. The van der Waals surface area contributed by atoms with Gasteiger partial charge in [-0.2, -0.15) is 8.42 Å². The number of hydrogen-bond acceptors (Lipinski definition) is 6. The maximum absolute atomic E-state index is 12.6. The van der Waals surface area contributed by atoms with Crippen LogP contribution in [-0.4, -0.2) is 47.3 Å². The molecule has 0 amide bonds. The van der Waals surface area contributed by atoms with Crippen molar-refractivity contribution in [3.8, 4) is 0 Å². The molecule has 0 spiro atoms. The number of Topliss-reactive ketones (excluding diaryl/α,β-unsaturated/α-hetero) is 1. The highest BCUT2D eigenvalue weighted by Crippen LogP contribution is 2.66. The Hall–Kier alpha value is -0.800. The number of rotatable bonds is 7. The zero-order valence-corrected chi connectivity index (χ0v) is 22.6. The van der Waals surface area contributed by atoms with Gasteiger partial charge in [0.05, 0.1) is 12.2 Å². The average molecular weight is 513 g/mol. The minimum atomic E-state index is -4.51. The van der Waals surface area contributed by atoms with Crippen molar-refractivity contribution < 1.29 is 32.2 Å². The molecule has 0 aromatic rings. The molecular weight excluding hydrogens is 468 g/mol. The van der Waals surface area contributed by atoms with Crippen LogP contribution in [0.3, 0.4) is 0 Å². The minimum Gasteiger partial charge on any atom is -0.393 e. The zero-order chi connectivity index (χ0) is 25.9. The van der Waals surface area contributed by atoms with Gasteiger partial charge < -0.3 is 10.2 Å². The van der Waals surface area contributed by atoms with Crippen LogP contribution in [0.25, 0.3) is 0 Å². The second-order valence-electron chi connectivity index (χ2n) is 12.9. The molecule has 0 radical (unpaired) electrons. The molecular formula is C27H44O7S. The monoisotopic (exact) mass is 512 g/mol. The smallest absolute Gasteiger partial charge is 0.393 e. The topological polar surface area (TPSA) is 121 Å². The first kappa shape index (κ1) is 27.2. The summed E-state index contributed by atoms with van der Waals surface area (Å²) in [5, 5.41) is 21.5. The predicted octanol–water partition coefficient (Wildman–Crippen LogP) is 4.34. The predicted molar refractivity (Wildman–Crippen MR) is 133 cm³/mol. The summed E-state index contributed by atoms with van der Waals surface area (Å²) in [6.45, 7) is 10.5. The fourth-order valence-electron chi connectivity index (χ4n) is 8.72. The molecule has 4 aliphatic carbocycles. The van der Waals surface area contributed by atoms with E-state index in [2.05, 4.69) is 26.8 Å². The van der Waals surface area contributed by atoms with E-state index < -0.39 is 28.7 Å². The molecule has 7 nitrogen and oxygen atoms in total. The third-order valence-electron chi connectivity index (χ3n) is 10.5. The van der Waals surface area contributed by atoms with Crippen molar-refractivity contribution in [1.29, 1.82) is 0 Å². The first-order chi connectivity index (χ1) is 16.2. The van der Waals surface area contributed by atoms with Crippen LogP contribution < -0.4 is 0 Å². The standard InChI is InChI=1S/C27H44O7S/c1-15(2)25(30)24(29)12-16(3)19-6-7-20-18-14-23(28)22-13-17(34-35(31,32)33)8-10-27(22,5)21(18)9-11-26(19,20)4/h9,15-20,22-23,25,28,30H,6-8,10-14H2,1-5H3,(H,31,32,33)/t16-,17+,18+,19-,20+,22?,23+,25?,26-,27-/m1/s1. The van der Waals surface area contributed by atoms with Crippen LogP contribution in [0, 0.1) is 46.3 Å². The van der Waals surface area contributed by atoms with E-state index in [0.29, 0.717) is 37.5 Å². The molecule has 35 heavy (non-hydrogen) atoms. The van der Waals surface area contributed by atoms with Crippen molar-refractivity contribution in [1.82, 2.24) is 0 Å². The zero-order valence-electron chi connectivity index (χ0n) is 21.8. The lowest BCUT2D eigenvalue weighted by Gasteiger charge is -2.58. The van der Waals surface area contributed by atoms with Crippen LogP contribution in [-0.2, 0) is 19.4 Å². The Bertz CT molecular complexity index is 959. The highest BCUT2D eigenvalue weighted by Gasteiger charge is 2.60. The van der Waals surface area contributed by atoms with E-state index >= 15 is 0 Å². The van der Waals surface area contributed by atoms with Gasteiger partial charge in [0.1, 0.15) is 6.10 Å². The summed E-state index contributed by atoms with van der Waals surface area (Å²) < 4.78 is 36.5. The number of carbonyl (C=O) groups is 1. The molecule has 3 fully saturated rings.